The molecule has 1 aromatic carbocycles. The number of nitrogens with zero attached hydrogens (tertiary/aromatic N) is 1. The average Bonchev–Trinajstić information content (AvgIpc) is 3.14. The molecule has 1 aromatic rings. The second-order valence-corrected chi connectivity index (χ2v) is 6.95. The summed E-state index contributed by atoms with van der Waals surface area (Å²) in [5.74, 6) is 0. The van der Waals surface area contributed by atoms with Crippen molar-refractivity contribution in [1.82, 2.24) is 16.2 Å². The molecule has 0 radical (unpaired) electrons. The van der Waals surface area contributed by atoms with Crippen molar-refractivity contribution in [3.63, 3.8) is 0 Å². The SMILES string of the molecule is Clc1ccc(C2NNC(NCC3CCCO3)C3=C2C=NCC3)cc1. The Labute approximate surface area is 147 Å². The molecule has 0 amide bonds. The highest BCUT2D eigenvalue weighted by atomic mass is 35.5. The summed E-state index contributed by atoms with van der Waals surface area (Å²) in [7, 11) is 0. The highest BCUT2D eigenvalue weighted by molar-refractivity contribution is 6.30. The van der Waals surface area contributed by atoms with Crippen LogP contribution in [-0.4, -0.2) is 38.2 Å². The zero-order valence-electron chi connectivity index (χ0n) is 13.6. The number of nitrogens with one attached hydrogen (secondary N) is 3. The lowest BCUT2D eigenvalue weighted by Crippen LogP contribution is -2.57. The molecule has 0 saturated carbocycles. The zero-order chi connectivity index (χ0) is 16.4. The maximum Gasteiger partial charge on any atom is 0.0931 e. The van der Waals surface area contributed by atoms with E-state index in [9.17, 15) is 0 Å². The summed E-state index contributed by atoms with van der Waals surface area (Å²) in [6, 6.07) is 8.09. The van der Waals surface area contributed by atoms with Gasteiger partial charge in [0.2, 0.25) is 0 Å². The van der Waals surface area contributed by atoms with E-state index in [1.54, 1.807) is 0 Å². The highest BCUT2D eigenvalue weighted by Gasteiger charge is 2.31. The minimum atomic E-state index is 0.0992. The zero-order valence-corrected chi connectivity index (χ0v) is 14.4. The van der Waals surface area contributed by atoms with Crippen LogP contribution in [0.25, 0.3) is 0 Å². The fraction of sp³-hybridized carbons (Fsp3) is 0.500. The Bertz CT molecular complexity index is 637. The van der Waals surface area contributed by atoms with Crippen LogP contribution in [0.2, 0.25) is 5.02 Å². The van der Waals surface area contributed by atoms with Crippen LogP contribution in [0.5, 0.6) is 0 Å². The van der Waals surface area contributed by atoms with Gasteiger partial charge in [0.05, 0.1) is 18.3 Å². The number of hydrogen-bond donors (Lipinski definition) is 3. The average molecular weight is 347 g/mol. The lowest BCUT2D eigenvalue weighted by Gasteiger charge is -2.37. The number of hydrazine groups is 1. The van der Waals surface area contributed by atoms with Crippen LogP contribution in [0, 0.1) is 0 Å². The van der Waals surface area contributed by atoms with Gasteiger partial charge in [-0.05, 0) is 48.1 Å². The van der Waals surface area contributed by atoms with Gasteiger partial charge in [0.25, 0.3) is 0 Å². The number of halogens is 1. The van der Waals surface area contributed by atoms with Crippen LogP contribution in [0.1, 0.15) is 30.9 Å². The molecular weight excluding hydrogens is 324 g/mol. The van der Waals surface area contributed by atoms with E-state index < -0.39 is 0 Å². The summed E-state index contributed by atoms with van der Waals surface area (Å²) in [5, 5.41) is 4.36. The van der Waals surface area contributed by atoms with Gasteiger partial charge in [-0.15, -0.1) is 0 Å². The quantitative estimate of drug-likeness (QED) is 0.783. The molecule has 6 heteroatoms. The third-order valence-electron chi connectivity index (χ3n) is 4.92. The van der Waals surface area contributed by atoms with Crippen molar-refractivity contribution in [1.29, 1.82) is 0 Å². The van der Waals surface area contributed by atoms with Crippen molar-refractivity contribution < 1.29 is 4.74 Å². The summed E-state index contributed by atoms with van der Waals surface area (Å²) >= 11 is 6.02. The molecular formula is C18H23ClN4O. The molecule has 24 heavy (non-hydrogen) atoms. The van der Waals surface area contributed by atoms with Gasteiger partial charge in [-0.2, -0.15) is 0 Å². The largest absolute Gasteiger partial charge is 0.377 e. The number of benzene rings is 1. The molecule has 5 nitrogen and oxygen atoms in total. The van der Waals surface area contributed by atoms with Crippen LogP contribution in [0.4, 0.5) is 0 Å². The third-order valence-corrected chi connectivity index (χ3v) is 5.17. The lowest BCUT2D eigenvalue weighted by atomic mass is 9.89. The molecule has 3 aliphatic rings. The molecule has 4 rings (SSSR count). The van der Waals surface area contributed by atoms with Crippen molar-refractivity contribution in [2.75, 3.05) is 19.7 Å². The Balaban J connectivity index is 1.53. The van der Waals surface area contributed by atoms with Crippen molar-refractivity contribution in [3.05, 3.63) is 46.0 Å². The van der Waals surface area contributed by atoms with Crippen LogP contribution in [-0.2, 0) is 4.74 Å². The number of ether oxygens (including phenoxy) is 1. The molecule has 3 N–H and O–H groups in total. The first-order chi connectivity index (χ1) is 11.8. The smallest absolute Gasteiger partial charge is 0.0931 e. The Hall–Kier alpha value is -1.24. The molecule has 1 saturated heterocycles. The topological polar surface area (TPSA) is 57.7 Å². The fourth-order valence-corrected chi connectivity index (χ4v) is 3.75. The minimum absolute atomic E-state index is 0.0992. The fourth-order valence-electron chi connectivity index (χ4n) is 3.62. The van der Waals surface area contributed by atoms with Gasteiger partial charge in [0.1, 0.15) is 0 Å². The van der Waals surface area contributed by atoms with Crippen molar-refractivity contribution in [2.24, 2.45) is 4.99 Å². The van der Waals surface area contributed by atoms with E-state index in [0.717, 1.165) is 37.6 Å². The van der Waals surface area contributed by atoms with E-state index in [-0.39, 0.29) is 12.2 Å². The van der Waals surface area contributed by atoms with E-state index in [2.05, 4.69) is 33.3 Å². The van der Waals surface area contributed by atoms with Crippen molar-refractivity contribution >= 4 is 17.8 Å². The van der Waals surface area contributed by atoms with Crippen LogP contribution >= 0.6 is 11.6 Å². The third kappa shape index (κ3) is 3.41. The molecule has 0 bridgehead atoms. The number of hydrogen-bond acceptors (Lipinski definition) is 5. The summed E-state index contributed by atoms with van der Waals surface area (Å²) < 4.78 is 5.72. The first kappa shape index (κ1) is 16.2. The van der Waals surface area contributed by atoms with Crippen LogP contribution in [0.15, 0.2) is 40.4 Å². The van der Waals surface area contributed by atoms with E-state index in [1.807, 2.05) is 18.3 Å². The number of dihydropyridines is 1. The van der Waals surface area contributed by atoms with E-state index in [0.29, 0.717) is 6.10 Å². The molecule has 3 atom stereocenters. The Morgan fingerprint density at radius 1 is 1.25 bits per heavy atom. The van der Waals surface area contributed by atoms with Gasteiger partial charge in [-0.3, -0.25) is 10.3 Å². The van der Waals surface area contributed by atoms with Gasteiger partial charge >= 0.3 is 0 Å². The Morgan fingerprint density at radius 2 is 2.12 bits per heavy atom. The molecule has 0 aromatic heterocycles. The highest BCUT2D eigenvalue weighted by Crippen LogP contribution is 2.31. The van der Waals surface area contributed by atoms with E-state index in [1.165, 1.54) is 23.1 Å². The van der Waals surface area contributed by atoms with Gasteiger partial charge < -0.3 is 4.74 Å². The predicted octanol–water partition coefficient (Wildman–Crippen LogP) is 2.35. The van der Waals surface area contributed by atoms with Crippen molar-refractivity contribution in [3.8, 4) is 0 Å². The number of rotatable bonds is 4. The first-order valence-corrected chi connectivity index (χ1v) is 9.03. The normalized spacial score (nSPS) is 29.8. The Kier molecular flexibility index (Phi) is 4.96. The predicted molar refractivity (Wildman–Crippen MR) is 96.2 cm³/mol. The second-order valence-electron chi connectivity index (χ2n) is 6.52. The minimum Gasteiger partial charge on any atom is -0.377 e. The van der Waals surface area contributed by atoms with Gasteiger partial charge in [-0.25, -0.2) is 10.9 Å². The summed E-state index contributed by atoms with van der Waals surface area (Å²) in [6.45, 7) is 2.62. The standard InChI is InChI=1S/C18H23ClN4O/c19-13-5-3-12(4-6-13)17-16-11-20-8-7-15(16)18(23-22-17)21-10-14-2-1-9-24-14/h3-6,11,14,17-18,21-23H,1-2,7-10H2. The lowest BCUT2D eigenvalue weighted by molar-refractivity contribution is 0.106. The molecule has 3 aliphatic heterocycles. The maximum absolute atomic E-state index is 6.02. The van der Waals surface area contributed by atoms with E-state index in [4.69, 9.17) is 16.3 Å². The molecule has 3 heterocycles. The van der Waals surface area contributed by atoms with Gasteiger partial charge in [-0.1, -0.05) is 23.7 Å². The molecule has 3 unspecified atom stereocenters. The van der Waals surface area contributed by atoms with Gasteiger partial charge in [0.15, 0.2) is 0 Å². The van der Waals surface area contributed by atoms with Crippen LogP contribution in [0.3, 0.4) is 0 Å². The monoisotopic (exact) mass is 346 g/mol. The van der Waals surface area contributed by atoms with Gasteiger partial charge in [0, 0.05) is 30.9 Å². The summed E-state index contributed by atoms with van der Waals surface area (Å²) in [4.78, 5) is 4.50. The molecule has 0 spiro atoms. The summed E-state index contributed by atoms with van der Waals surface area (Å²) in [6.07, 6.45) is 5.78. The number of aliphatic imine (C=N–C) groups is 1. The van der Waals surface area contributed by atoms with Crippen LogP contribution < -0.4 is 16.2 Å². The molecule has 0 aliphatic carbocycles. The van der Waals surface area contributed by atoms with Crippen molar-refractivity contribution in [2.45, 2.75) is 37.6 Å². The maximum atomic E-state index is 6.02. The van der Waals surface area contributed by atoms with E-state index >= 15 is 0 Å². The molecule has 128 valence electrons. The summed E-state index contributed by atoms with van der Waals surface area (Å²) in [5.41, 5.74) is 10.7. The first-order valence-electron chi connectivity index (χ1n) is 8.65. The molecule has 1 fully saturated rings. The Morgan fingerprint density at radius 3 is 2.92 bits per heavy atom. The second kappa shape index (κ2) is 7.33.